The molecule has 42 heavy (non-hydrogen) atoms. The lowest BCUT2D eigenvalue weighted by molar-refractivity contribution is -0.384. The van der Waals surface area contributed by atoms with Gasteiger partial charge in [-0.1, -0.05) is 43.6 Å². The fourth-order valence-electron chi connectivity index (χ4n) is 6.56. The van der Waals surface area contributed by atoms with Crippen LogP contribution in [0.25, 0.3) is 0 Å². The first-order valence-corrected chi connectivity index (χ1v) is 15.0. The Hall–Kier alpha value is -3.30. The molecule has 0 spiro atoms. The second-order valence-electron chi connectivity index (χ2n) is 13.1. The van der Waals surface area contributed by atoms with Gasteiger partial charge in [0.1, 0.15) is 12.4 Å². The number of methoxy groups -OCH3 is 1. The largest absolute Gasteiger partial charge is 0.489 e. The minimum atomic E-state index is -0.551. The number of ketones is 2. The SMILES string of the molecule is COCCN1C2=C(C(=O)CC(C)(C)C2)C(c2cc(Br)ccc2OCc2ccc([N+](=O)[O-])cc2)C2=C1CC(C)(C)CC2=O. The molecule has 0 saturated heterocycles. The van der Waals surface area contributed by atoms with Crippen molar-refractivity contribution in [3.05, 3.63) is 90.7 Å². The Morgan fingerprint density at radius 1 is 0.929 bits per heavy atom. The molecule has 222 valence electrons. The van der Waals surface area contributed by atoms with Gasteiger partial charge in [0.05, 0.1) is 11.5 Å². The number of benzene rings is 2. The summed E-state index contributed by atoms with van der Waals surface area (Å²) in [5.74, 6) is 0.129. The maximum atomic E-state index is 14.1. The summed E-state index contributed by atoms with van der Waals surface area (Å²) in [6, 6.07) is 11.9. The molecule has 2 aromatic rings. The van der Waals surface area contributed by atoms with Crippen molar-refractivity contribution >= 4 is 33.2 Å². The highest BCUT2D eigenvalue weighted by atomic mass is 79.9. The summed E-state index contributed by atoms with van der Waals surface area (Å²) in [7, 11) is 1.67. The zero-order valence-corrected chi connectivity index (χ0v) is 26.4. The lowest BCUT2D eigenvalue weighted by atomic mass is 9.63. The van der Waals surface area contributed by atoms with Gasteiger partial charge in [-0.05, 0) is 59.6 Å². The second-order valence-corrected chi connectivity index (χ2v) is 14.0. The quantitative estimate of drug-likeness (QED) is 0.222. The molecule has 2 aromatic carbocycles. The average molecular weight is 638 g/mol. The third-order valence-corrected chi connectivity index (χ3v) is 8.86. The van der Waals surface area contributed by atoms with Crippen LogP contribution in [0.1, 0.15) is 70.4 Å². The van der Waals surface area contributed by atoms with Crippen LogP contribution in [-0.4, -0.2) is 41.7 Å². The van der Waals surface area contributed by atoms with Crippen molar-refractivity contribution in [3.63, 3.8) is 0 Å². The molecule has 1 aliphatic heterocycles. The maximum Gasteiger partial charge on any atom is 0.269 e. The molecule has 9 heteroatoms. The van der Waals surface area contributed by atoms with Gasteiger partial charge < -0.3 is 14.4 Å². The van der Waals surface area contributed by atoms with Crippen LogP contribution in [0.2, 0.25) is 0 Å². The highest BCUT2D eigenvalue weighted by Gasteiger charge is 2.49. The Balaban J connectivity index is 1.65. The zero-order chi connectivity index (χ0) is 30.4. The van der Waals surface area contributed by atoms with Crippen molar-refractivity contribution in [2.24, 2.45) is 10.8 Å². The third-order valence-electron chi connectivity index (χ3n) is 8.37. The third kappa shape index (κ3) is 5.95. The number of nitrogens with zero attached hydrogens (tertiary/aromatic N) is 2. The number of ether oxygens (including phenoxy) is 2. The molecule has 2 aliphatic carbocycles. The van der Waals surface area contributed by atoms with Crippen molar-refractivity contribution in [1.29, 1.82) is 0 Å². The molecule has 0 bridgehead atoms. The summed E-state index contributed by atoms with van der Waals surface area (Å²) in [5.41, 5.74) is 4.42. The van der Waals surface area contributed by atoms with E-state index in [-0.39, 0.29) is 34.7 Å². The number of halogens is 1. The number of hydrogen-bond donors (Lipinski definition) is 0. The lowest BCUT2D eigenvalue weighted by Gasteiger charge is -2.49. The summed E-state index contributed by atoms with van der Waals surface area (Å²) >= 11 is 3.62. The van der Waals surface area contributed by atoms with E-state index in [1.807, 2.05) is 18.2 Å². The van der Waals surface area contributed by atoms with Gasteiger partial charge >= 0.3 is 0 Å². The lowest BCUT2D eigenvalue weighted by Crippen LogP contribution is -2.45. The van der Waals surface area contributed by atoms with Crippen molar-refractivity contribution in [2.45, 2.75) is 65.9 Å². The molecule has 1 heterocycles. The standard InChI is InChI=1S/C33H37BrN2O6/c1-32(2)15-24-30(26(37)17-32)29(31-25(35(24)12-13-41-5)16-33(3,4)18-27(31)38)23-14-21(34)8-11-28(23)42-19-20-6-9-22(10-7-20)36(39)40/h6-11,14,29H,12-13,15-19H2,1-5H3. The molecule has 8 nitrogen and oxygen atoms in total. The van der Waals surface area contributed by atoms with Gasteiger partial charge in [-0.3, -0.25) is 19.7 Å². The number of non-ortho nitro benzene ring substituents is 1. The van der Waals surface area contributed by atoms with E-state index in [4.69, 9.17) is 9.47 Å². The monoisotopic (exact) mass is 636 g/mol. The summed E-state index contributed by atoms with van der Waals surface area (Å²) < 4.78 is 12.6. The van der Waals surface area contributed by atoms with Crippen molar-refractivity contribution in [3.8, 4) is 5.75 Å². The summed E-state index contributed by atoms with van der Waals surface area (Å²) in [4.78, 5) is 41.0. The van der Waals surface area contributed by atoms with E-state index in [9.17, 15) is 19.7 Å². The van der Waals surface area contributed by atoms with Gasteiger partial charge in [0.25, 0.3) is 5.69 Å². The van der Waals surface area contributed by atoms with Gasteiger partial charge in [0.2, 0.25) is 0 Å². The van der Waals surface area contributed by atoms with Crippen LogP contribution in [0.15, 0.2) is 69.5 Å². The molecule has 3 aliphatic rings. The number of nitro benzene ring substituents is 1. The summed E-state index contributed by atoms with van der Waals surface area (Å²) in [6.45, 7) is 9.70. The van der Waals surface area contributed by atoms with Crippen LogP contribution in [0.5, 0.6) is 5.75 Å². The Labute approximate surface area is 255 Å². The Morgan fingerprint density at radius 3 is 2.02 bits per heavy atom. The number of hydrogen-bond acceptors (Lipinski definition) is 7. The van der Waals surface area contributed by atoms with Crippen LogP contribution >= 0.6 is 15.9 Å². The van der Waals surface area contributed by atoms with E-state index in [1.165, 1.54) is 12.1 Å². The first-order chi connectivity index (χ1) is 19.8. The van der Waals surface area contributed by atoms with Crippen LogP contribution in [0.4, 0.5) is 5.69 Å². The van der Waals surface area contributed by atoms with Gasteiger partial charge in [-0.2, -0.15) is 0 Å². The predicted molar refractivity (Wildman–Crippen MR) is 163 cm³/mol. The number of allylic oxidation sites excluding steroid dienone is 4. The molecule has 0 N–H and O–H groups in total. The first kappa shape index (κ1) is 30.2. The van der Waals surface area contributed by atoms with Gasteiger partial charge in [-0.15, -0.1) is 0 Å². The normalized spacial score (nSPS) is 20.0. The van der Waals surface area contributed by atoms with Crippen molar-refractivity contribution in [2.75, 3.05) is 20.3 Å². The van der Waals surface area contributed by atoms with Gasteiger partial charge in [0.15, 0.2) is 11.6 Å². The number of carbonyl (C=O) groups is 2. The highest BCUT2D eigenvalue weighted by molar-refractivity contribution is 9.10. The minimum Gasteiger partial charge on any atom is -0.489 e. The second kappa shape index (κ2) is 11.4. The fraction of sp³-hybridized carbons (Fsp3) is 0.455. The maximum absolute atomic E-state index is 14.1. The van der Waals surface area contributed by atoms with Crippen LogP contribution in [0, 0.1) is 20.9 Å². The topological polar surface area (TPSA) is 99.0 Å². The van der Waals surface area contributed by atoms with Crippen LogP contribution < -0.4 is 4.74 Å². The number of Topliss-reactive ketones (excluding diaryl/α,β-unsaturated/α-hetero) is 2. The Morgan fingerprint density at radius 2 is 1.50 bits per heavy atom. The molecule has 0 saturated carbocycles. The zero-order valence-electron chi connectivity index (χ0n) is 24.8. The van der Waals surface area contributed by atoms with E-state index >= 15 is 0 Å². The predicted octanol–water partition coefficient (Wildman–Crippen LogP) is 7.27. The first-order valence-electron chi connectivity index (χ1n) is 14.2. The minimum absolute atomic E-state index is 0.0136. The molecule has 5 rings (SSSR count). The molecule has 0 atom stereocenters. The number of rotatable bonds is 8. The van der Waals surface area contributed by atoms with Crippen molar-refractivity contribution < 1.29 is 24.0 Å². The molecule has 0 amide bonds. The van der Waals surface area contributed by atoms with E-state index in [2.05, 4.69) is 48.5 Å². The van der Waals surface area contributed by atoms with Gasteiger partial charge in [-0.25, -0.2) is 0 Å². The average Bonchev–Trinajstić information content (AvgIpc) is 2.89. The Bertz CT molecular complexity index is 1450. The molecule has 0 radical (unpaired) electrons. The van der Waals surface area contributed by atoms with Crippen LogP contribution in [-0.2, 0) is 20.9 Å². The van der Waals surface area contributed by atoms with Crippen LogP contribution in [0.3, 0.4) is 0 Å². The van der Waals surface area contributed by atoms with E-state index in [1.54, 1.807) is 19.2 Å². The fourth-order valence-corrected chi connectivity index (χ4v) is 6.94. The smallest absolute Gasteiger partial charge is 0.269 e. The molecule has 0 unspecified atom stereocenters. The van der Waals surface area contributed by atoms with E-state index in [0.29, 0.717) is 55.7 Å². The van der Waals surface area contributed by atoms with Gasteiger partial charge in [0, 0.05) is 77.1 Å². The molecular weight excluding hydrogens is 600 g/mol. The molecular formula is C33H37BrN2O6. The van der Waals surface area contributed by atoms with E-state index in [0.717, 1.165) is 27.0 Å². The van der Waals surface area contributed by atoms with Crippen molar-refractivity contribution in [1.82, 2.24) is 4.90 Å². The highest BCUT2D eigenvalue weighted by Crippen LogP contribution is 2.55. The number of nitro groups is 1. The Kier molecular flexibility index (Phi) is 8.20. The summed E-state index contributed by atoms with van der Waals surface area (Å²) in [5, 5.41) is 11.1. The molecule has 0 aromatic heterocycles. The van der Waals surface area contributed by atoms with E-state index < -0.39 is 10.8 Å². The summed E-state index contributed by atoms with van der Waals surface area (Å²) in [6.07, 6.45) is 2.23. The number of carbonyl (C=O) groups excluding carboxylic acids is 2. The molecule has 0 fully saturated rings.